The summed E-state index contributed by atoms with van der Waals surface area (Å²) in [5.74, 6) is 0. The van der Waals surface area contributed by atoms with Crippen LogP contribution in [0.5, 0.6) is 0 Å². The molecule has 0 saturated heterocycles. The standard InChI is InChI=1S/Mg.H3N.H3O4P.5H2O.2H/c;;1-5(2,3)4;;;;;;;/h;1H3;(H3,1,2,3,4);5*1H2;;. The zero-order valence-corrected chi connectivity index (χ0v) is 6.30. The highest BCUT2D eigenvalue weighted by Crippen LogP contribution is 2.25. The third-order valence-electron chi connectivity index (χ3n) is 0. The molecule has 0 fully saturated rings. The summed E-state index contributed by atoms with van der Waals surface area (Å²) in [4.78, 5) is 21.6. The first-order chi connectivity index (χ1) is 2.00. The molecule has 0 radical (unpaired) electrons. The zero-order valence-electron chi connectivity index (χ0n) is 5.40. The summed E-state index contributed by atoms with van der Waals surface area (Å²) in [6.07, 6.45) is 0. The van der Waals surface area contributed by atoms with E-state index in [1.807, 2.05) is 0 Å². The molecule has 0 amide bonds. The molecule has 0 heterocycles. The fourth-order valence-electron chi connectivity index (χ4n) is 0. The van der Waals surface area contributed by atoms with Crippen molar-refractivity contribution in [3.8, 4) is 0 Å². The second kappa shape index (κ2) is 29.9. The average molecular weight is 231 g/mol. The highest BCUT2D eigenvalue weighted by atomic mass is 31.2. The Morgan fingerprint density at radius 3 is 0.750 bits per heavy atom. The van der Waals surface area contributed by atoms with Crippen LogP contribution in [0.25, 0.3) is 0 Å². The van der Waals surface area contributed by atoms with E-state index in [9.17, 15) is 0 Å². The molecular weight excluding hydrogens is 213 g/mol. The topological polar surface area (TPSA) is 270 Å². The van der Waals surface area contributed by atoms with Crippen LogP contribution < -0.4 is 6.15 Å². The minimum absolute atomic E-state index is 0. The average Bonchev–Trinajstić information content (AvgIpc) is 0.722. The van der Waals surface area contributed by atoms with Crippen molar-refractivity contribution in [3.63, 3.8) is 0 Å². The first-order valence-electron chi connectivity index (χ1n) is 0.783. The summed E-state index contributed by atoms with van der Waals surface area (Å²) in [7, 11) is -4.64. The van der Waals surface area contributed by atoms with Crippen molar-refractivity contribution in [1.82, 2.24) is 6.15 Å². The molecule has 0 aromatic rings. The minimum Gasteiger partial charge on any atom is -0.412 e. The molecule has 0 rings (SSSR count). The molecule has 0 aromatic heterocycles. The predicted octanol–water partition coefficient (Wildman–Crippen LogP) is -5.81. The summed E-state index contributed by atoms with van der Waals surface area (Å²) >= 11 is 0. The van der Waals surface area contributed by atoms with E-state index in [-0.39, 0.29) is 56.6 Å². The van der Waals surface area contributed by atoms with E-state index in [0.717, 1.165) is 0 Å². The van der Waals surface area contributed by atoms with E-state index >= 15 is 0 Å². The third-order valence-corrected chi connectivity index (χ3v) is 0. The number of hydrogen-bond donors (Lipinski definition) is 4. The van der Waals surface area contributed by atoms with Crippen LogP contribution in [0.2, 0.25) is 0 Å². The molecule has 0 atom stereocenters. The van der Waals surface area contributed by atoms with Gasteiger partial charge in [-0.05, 0) is 0 Å². The van der Waals surface area contributed by atoms with Gasteiger partial charge in [-0.2, -0.15) is 0 Å². The smallest absolute Gasteiger partial charge is 0.412 e. The van der Waals surface area contributed by atoms with Gasteiger partial charge in [0.25, 0.3) is 0 Å². The number of hydrogen-bond acceptors (Lipinski definition) is 2. The lowest BCUT2D eigenvalue weighted by Crippen LogP contribution is -1.66. The molecular formula is H18MgNO9P. The maximum absolute atomic E-state index is 8.88. The lowest BCUT2D eigenvalue weighted by atomic mass is 14.0. The van der Waals surface area contributed by atoms with E-state index < -0.39 is 7.82 Å². The molecule has 16 N–H and O–H groups in total. The van der Waals surface area contributed by atoms with E-state index in [1.165, 1.54) is 0 Å². The maximum atomic E-state index is 8.88. The molecule has 12 heavy (non-hydrogen) atoms. The van der Waals surface area contributed by atoms with Crippen LogP contribution in [0.15, 0.2) is 0 Å². The van der Waals surface area contributed by atoms with Gasteiger partial charge in [-0.3, -0.25) is 0 Å². The molecule has 12 heteroatoms. The van der Waals surface area contributed by atoms with Gasteiger partial charge in [0, 0.05) is 0 Å². The van der Waals surface area contributed by atoms with Crippen molar-refractivity contribution in [2.75, 3.05) is 0 Å². The van der Waals surface area contributed by atoms with Gasteiger partial charge >= 0.3 is 30.9 Å². The lowest BCUT2D eigenvalue weighted by Gasteiger charge is -1.82. The van der Waals surface area contributed by atoms with Crippen LogP contribution >= 0.6 is 7.82 Å². The second-order valence-electron chi connectivity index (χ2n) is 0.513. The largest absolute Gasteiger partial charge is 0.466 e. The molecule has 0 aliphatic heterocycles. The Labute approximate surface area is 84.1 Å². The Hall–Kier alpha value is 0.636. The summed E-state index contributed by atoms with van der Waals surface area (Å²) in [6.45, 7) is 0. The third kappa shape index (κ3) is 2440. The molecule has 10 nitrogen and oxygen atoms in total. The van der Waals surface area contributed by atoms with Crippen molar-refractivity contribution in [3.05, 3.63) is 0 Å². The van der Waals surface area contributed by atoms with E-state index in [4.69, 9.17) is 19.2 Å². The van der Waals surface area contributed by atoms with Crippen LogP contribution in [-0.2, 0) is 4.57 Å². The van der Waals surface area contributed by atoms with E-state index in [1.54, 1.807) is 0 Å². The van der Waals surface area contributed by atoms with Gasteiger partial charge in [-0.25, -0.2) is 4.57 Å². The van der Waals surface area contributed by atoms with Gasteiger partial charge < -0.3 is 48.2 Å². The Kier molecular flexibility index (Phi) is 198. The summed E-state index contributed by atoms with van der Waals surface area (Å²) in [6, 6.07) is 0. The van der Waals surface area contributed by atoms with Gasteiger partial charge in [0.1, 0.15) is 0 Å². The summed E-state index contributed by atoms with van der Waals surface area (Å²) in [5, 5.41) is 0. The first-order valence-corrected chi connectivity index (χ1v) is 2.35. The van der Waals surface area contributed by atoms with Gasteiger partial charge in [0.2, 0.25) is 0 Å². The highest BCUT2D eigenvalue weighted by molar-refractivity contribution is 7.45. The molecule has 0 bridgehead atoms. The van der Waals surface area contributed by atoms with Crippen LogP contribution in [0.1, 0.15) is 0 Å². The maximum Gasteiger partial charge on any atom is 0.466 e. The van der Waals surface area contributed by atoms with Crippen molar-refractivity contribution in [1.29, 1.82) is 0 Å². The van der Waals surface area contributed by atoms with Crippen molar-refractivity contribution >= 4 is 30.9 Å². The van der Waals surface area contributed by atoms with Gasteiger partial charge in [0.15, 0.2) is 0 Å². The van der Waals surface area contributed by atoms with Gasteiger partial charge in [-0.15, -0.1) is 0 Å². The molecule has 0 aliphatic carbocycles. The fourth-order valence-corrected chi connectivity index (χ4v) is 0. The summed E-state index contributed by atoms with van der Waals surface area (Å²) in [5.41, 5.74) is 0. The molecule has 0 aromatic carbocycles. The highest BCUT2D eigenvalue weighted by Gasteiger charge is 2.00. The van der Waals surface area contributed by atoms with Crippen molar-refractivity contribution in [2.24, 2.45) is 0 Å². The fraction of sp³-hybridized carbons (Fsp3) is 0. The molecule has 84 valence electrons. The van der Waals surface area contributed by atoms with E-state index in [0.29, 0.717) is 0 Å². The van der Waals surface area contributed by atoms with Crippen LogP contribution in [0.3, 0.4) is 0 Å². The zero-order chi connectivity index (χ0) is 4.50. The van der Waals surface area contributed by atoms with Crippen LogP contribution in [0, 0.1) is 0 Å². The quantitative estimate of drug-likeness (QED) is 0.233. The van der Waals surface area contributed by atoms with E-state index in [2.05, 4.69) is 0 Å². The number of rotatable bonds is 0. The van der Waals surface area contributed by atoms with Crippen molar-refractivity contribution < 1.29 is 46.6 Å². The Morgan fingerprint density at radius 1 is 0.750 bits per heavy atom. The molecule has 0 aliphatic rings. The van der Waals surface area contributed by atoms with Crippen molar-refractivity contribution in [2.45, 2.75) is 0 Å². The molecule has 0 spiro atoms. The van der Waals surface area contributed by atoms with Crippen LogP contribution in [0.4, 0.5) is 0 Å². The minimum atomic E-state index is -4.64. The second-order valence-corrected chi connectivity index (χ2v) is 1.54. The predicted molar refractivity (Wildman–Crippen MR) is 45.9 cm³/mol. The van der Waals surface area contributed by atoms with Gasteiger partial charge in [0.05, 0.1) is 0 Å². The molecule has 0 unspecified atom stereocenters. The number of phosphoric acid groups is 1. The first kappa shape index (κ1) is 79.6. The Morgan fingerprint density at radius 2 is 0.750 bits per heavy atom. The summed E-state index contributed by atoms with van der Waals surface area (Å²) < 4.78 is 8.88. The Bertz CT molecular complexity index is 60.7. The van der Waals surface area contributed by atoms with Crippen LogP contribution in [-0.4, -0.2) is 65.1 Å². The Balaban J connectivity index is -0.00000000381. The monoisotopic (exact) mass is 231 g/mol. The van der Waals surface area contributed by atoms with Gasteiger partial charge in [-0.1, -0.05) is 0 Å². The normalized spacial score (nSPS) is 4.92. The molecule has 0 saturated carbocycles. The lowest BCUT2D eigenvalue weighted by molar-refractivity contribution is 0.275. The SMILES string of the molecule is N.O.O.O.O.O.O=P(O)(O)O.[MgH2].